The van der Waals surface area contributed by atoms with Crippen LogP contribution in [0.25, 0.3) is 20.7 Å². The maximum Gasteiger partial charge on any atom is 0.123 e. The number of halogens is 1. The minimum absolute atomic E-state index is 0.206. The lowest BCUT2D eigenvalue weighted by Gasteiger charge is -2.07. The molecule has 0 N–H and O–H groups in total. The largest absolute Gasteiger partial charge is 0.235 e. The molecule has 0 aliphatic heterocycles. The van der Waals surface area contributed by atoms with Crippen LogP contribution in [0.4, 0.5) is 4.39 Å². The molecule has 0 saturated heterocycles. The molecule has 1 aliphatic rings. The summed E-state index contributed by atoms with van der Waals surface area (Å²) in [6.07, 6.45) is 6.88. The van der Waals surface area contributed by atoms with E-state index in [-0.39, 0.29) is 5.82 Å². The highest BCUT2D eigenvalue weighted by Crippen LogP contribution is 2.41. The molecule has 5 heteroatoms. The summed E-state index contributed by atoms with van der Waals surface area (Å²) in [6.45, 7) is 0. The van der Waals surface area contributed by atoms with Crippen LogP contribution in [0, 0.1) is 5.82 Å². The summed E-state index contributed by atoms with van der Waals surface area (Å²) in [5, 5.41) is 1.78. The zero-order chi connectivity index (χ0) is 14.9. The van der Waals surface area contributed by atoms with E-state index in [9.17, 15) is 4.39 Å². The van der Waals surface area contributed by atoms with Gasteiger partial charge in [-0.05, 0) is 36.6 Å². The first-order valence-corrected chi connectivity index (χ1v) is 9.16. The first-order valence-electron chi connectivity index (χ1n) is 7.47. The van der Waals surface area contributed by atoms with Gasteiger partial charge in [-0.3, -0.25) is 0 Å². The number of benzene rings is 1. The Bertz CT molecular complexity index is 792. The molecule has 4 rings (SSSR count). The molecule has 1 aromatic carbocycles. The number of thioether (sulfide) groups is 1. The van der Waals surface area contributed by atoms with E-state index in [1.165, 1.54) is 37.8 Å². The standard InChI is InChI=1S/C17H15FN2S2/c18-12-7-5-11(6-8-12)15-9-14-16(22-15)17(20-10-19-14)21-13-3-1-2-4-13/h5-10,13H,1-4H2. The zero-order valence-corrected chi connectivity index (χ0v) is 13.6. The Morgan fingerprint density at radius 1 is 1.09 bits per heavy atom. The highest BCUT2D eigenvalue weighted by Gasteiger charge is 2.19. The van der Waals surface area contributed by atoms with Crippen LogP contribution < -0.4 is 0 Å². The van der Waals surface area contributed by atoms with Crippen LogP contribution in [0.1, 0.15) is 25.7 Å². The fourth-order valence-electron chi connectivity index (χ4n) is 2.84. The van der Waals surface area contributed by atoms with Gasteiger partial charge in [0.05, 0.1) is 10.2 Å². The lowest BCUT2D eigenvalue weighted by atomic mass is 10.2. The Hall–Kier alpha value is -1.46. The van der Waals surface area contributed by atoms with E-state index in [1.807, 2.05) is 23.9 Å². The second-order valence-electron chi connectivity index (χ2n) is 5.54. The minimum atomic E-state index is -0.206. The molecule has 22 heavy (non-hydrogen) atoms. The second kappa shape index (κ2) is 5.97. The van der Waals surface area contributed by atoms with Crippen molar-refractivity contribution < 1.29 is 4.39 Å². The molecule has 3 aromatic rings. The average Bonchev–Trinajstić information content (AvgIpc) is 3.17. The summed E-state index contributed by atoms with van der Waals surface area (Å²) in [4.78, 5) is 10.0. The molecule has 0 bridgehead atoms. The fraction of sp³-hybridized carbons (Fsp3) is 0.294. The number of hydrogen-bond acceptors (Lipinski definition) is 4. The van der Waals surface area contributed by atoms with E-state index in [0.717, 1.165) is 25.7 Å². The van der Waals surface area contributed by atoms with E-state index in [4.69, 9.17) is 0 Å². The van der Waals surface area contributed by atoms with Gasteiger partial charge < -0.3 is 0 Å². The average molecular weight is 330 g/mol. The molecule has 1 fully saturated rings. The second-order valence-corrected chi connectivity index (χ2v) is 7.88. The van der Waals surface area contributed by atoms with Gasteiger partial charge in [0.25, 0.3) is 0 Å². The first-order chi connectivity index (χ1) is 10.8. The third-order valence-corrected chi connectivity index (χ3v) is 6.63. The molecule has 2 aromatic heterocycles. The van der Waals surface area contributed by atoms with Crippen LogP contribution in [0.2, 0.25) is 0 Å². The molecule has 0 unspecified atom stereocenters. The molecular formula is C17H15FN2S2. The maximum absolute atomic E-state index is 13.1. The number of hydrogen-bond donors (Lipinski definition) is 0. The summed E-state index contributed by atoms with van der Waals surface area (Å²) in [5.74, 6) is -0.206. The van der Waals surface area contributed by atoms with Gasteiger partial charge in [0.2, 0.25) is 0 Å². The molecular weight excluding hydrogens is 315 g/mol. The number of aromatic nitrogens is 2. The van der Waals surface area contributed by atoms with Crippen LogP contribution in [0.15, 0.2) is 41.7 Å². The SMILES string of the molecule is Fc1ccc(-c2cc3ncnc(SC4CCCC4)c3s2)cc1. The predicted octanol–water partition coefficient (Wildman–Crippen LogP) is 5.53. The van der Waals surface area contributed by atoms with Gasteiger partial charge in [0.1, 0.15) is 17.2 Å². The topological polar surface area (TPSA) is 25.8 Å². The Morgan fingerprint density at radius 3 is 2.64 bits per heavy atom. The molecule has 2 heterocycles. The molecule has 0 spiro atoms. The molecule has 112 valence electrons. The first kappa shape index (κ1) is 14.2. The molecule has 0 atom stereocenters. The van der Waals surface area contributed by atoms with Gasteiger partial charge in [-0.1, -0.05) is 25.0 Å². The number of rotatable bonds is 3. The number of nitrogens with zero attached hydrogens (tertiary/aromatic N) is 2. The highest BCUT2D eigenvalue weighted by molar-refractivity contribution is 8.00. The van der Waals surface area contributed by atoms with Gasteiger partial charge in [0, 0.05) is 10.1 Å². The van der Waals surface area contributed by atoms with E-state index >= 15 is 0 Å². The Labute approximate surface area is 136 Å². The van der Waals surface area contributed by atoms with Crippen molar-refractivity contribution in [3.8, 4) is 10.4 Å². The number of fused-ring (bicyclic) bond motifs is 1. The van der Waals surface area contributed by atoms with E-state index < -0.39 is 0 Å². The van der Waals surface area contributed by atoms with Gasteiger partial charge in [0.15, 0.2) is 0 Å². The summed E-state index contributed by atoms with van der Waals surface area (Å²) >= 11 is 3.59. The molecule has 1 saturated carbocycles. The Kier molecular flexibility index (Phi) is 3.84. The predicted molar refractivity (Wildman–Crippen MR) is 90.9 cm³/mol. The van der Waals surface area contributed by atoms with Crippen molar-refractivity contribution in [3.63, 3.8) is 0 Å². The van der Waals surface area contributed by atoms with Crippen molar-refractivity contribution in [1.29, 1.82) is 0 Å². The molecule has 1 aliphatic carbocycles. The summed E-state index contributed by atoms with van der Waals surface area (Å²) in [6, 6.07) is 8.71. The van der Waals surface area contributed by atoms with E-state index in [0.29, 0.717) is 5.25 Å². The van der Waals surface area contributed by atoms with Crippen molar-refractivity contribution in [2.24, 2.45) is 0 Å². The third-order valence-electron chi connectivity index (χ3n) is 3.99. The Morgan fingerprint density at radius 2 is 1.86 bits per heavy atom. The van der Waals surface area contributed by atoms with Gasteiger partial charge >= 0.3 is 0 Å². The van der Waals surface area contributed by atoms with Crippen molar-refractivity contribution >= 4 is 33.3 Å². The lowest BCUT2D eigenvalue weighted by molar-refractivity contribution is 0.628. The van der Waals surface area contributed by atoms with Crippen molar-refractivity contribution in [2.75, 3.05) is 0 Å². The van der Waals surface area contributed by atoms with Crippen LogP contribution in [-0.4, -0.2) is 15.2 Å². The number of thiophene rings is 1. The normalized spacial score (nSPS) is 15.7. The van der Waals surface area contributed by atoms with Crippen LogP contribution in [-0.2, 0) is 0 Å². The summed E-state index contributed by atoms with van der Waals surface area (Å²) < 4.78 is 14.2. The fourth-order valence-corrected chi connectivity index (χ4v) is 5.31. The van der Waals surface area contributed by atoms with E-state index in [2.05, 4.69) is 16.0 Å². The van der Waals surface area contributed by atoms with Gasteiger partial charge in [-0.25, -0.2) is 14.4 Å². The van der Waals surface area contributed by atoms with Crippen LogP contribution in [0.5, 0.6) is 0 Å². The maximum atomic E-state index is 13.1. The quantitative estimate of drug-likeness (QED) is 0.590. The third kappa shape index (κ3) is 2.75. The van der Waals surface area contributed by atoms with Crippen molar-refractivity contribution in [2.45, 2.75) is 36.0 Å². The van der Waals surface area contributed by atoms with Crippen LogP contribution >= 0.6 is 23.1 Å². The summed E-state index contributed by atoms with van der Waals surface area (Å²) in [7, 11) is 0. The van der Waals surface area contributed by atoms with Gasteiger partial charge in [-0.15, -0.1) is 23.1 Å². The zero-order valence-electron chi connectivity index (χ0n) is 12.0. The summed E-state index contributed by atoms with van der Waals surface area (Å²) in [5.41, 5.74) is 2.01. The monoisotopic (exact) mass is 330 g/mol. The molecule has 0 radical (unpaired) electrons. The van der Waals surface area contributed by atoms with Crippen LogP contribution in [0.3, 0.4) is 0 Å². The lowest BCUT2D eigenvalue weighted by Crippen LogP contribution is -1.95. The molecule has 0 amide bonds. The van der Waals surface area contributed by atoms with Crippen molar-refractivity contribution in [3.05, 3.63) is 42.5 Å². The minimum Gasteiger partial charge on any atom is -0.235 e. The highest BCUT2D eigenvalue weighted by atomic mass is 32.2. The molecule has 2 nitrogen and oxygen atoms in total. The van der Waals surface area contributed by atoms with E-state index in [1.54, 1.807) is 17.7 Å². The smallest absolute Gasteiger partial charge is 0.123 e. The van der Waals surface area contributed by atoms with Crippen molar-refractivity contribution in [1.82, 2.24) is 9.97 Å². The Balaban J connectivity index is 1.72. The van der Waals surface area contributed by atoms with Gasteiger partial charge in [-0.2, -0.15) is 0 Å².